The second-order valence-electron chi connectivity index (χ2n) is 8.20. The fraction of sp³-hybridized carbons (Fsp3) is 0.231. The Bertz CT molecular complexity index is 1340. The number of fused-ring (bicyclic) bond motifs is 1. The molecular weight excluding hydrogens is 461 g/mol. The van der Waals surface area contributed by atoms with Crippen molar-refractivity contribution in [3.05, 3.63) is 102 Å². The fourth-order valence-corrected chi connectivity index (χ4v) is 5.55. The maximum atomic E-state index is 11.5. The van der Waals surface area contributed by atoms with Gasteiger partial charge >= 0.3 is 4.94 Å². The second-order valence-corrected chi connectivity index (χ2v) is 9.79. The van der Waals surface area contributed by atoms with Crippen LogP contribution in [0.25, 0.3) is 17.0 Å². The molecule has 162 valence electrons. The van der Waals surface area contributed by atoms with Crippen molar-refractivity contribution in [1.82, 2.24) is 4.37 Å². The van der Waals surface area contributed by atoms with Gasteiger partial charge in [-0.25, -0.2) is 4.79 Å². The van der Waals surface area contributed by atoms with Gasteiger partial charge in [-0.2, -0.15) is 0 Å². The molecule has 0 fully saturated rings. The lowest BCUT2D eigenvalue weighted by molar-refractivity contribution is 0.543. The average molecular weight is 482 g/mol. The Kier molecular flexibility index (Phi) is 5.93. The van der Waals surface area contributed by atoms with Crippen LogP contribution < -0.4 is 4.94 Å². The van der Waals surface area contributed by atoms with E-state index < -0.39 is 0 Å². The van der Waals surface area contributed by atoms with Crippen molar-refractivity contribution in [3.8, 4) is 11.5 Å². The van der Waals surface area contributed by atoms with Gasteiger partial charge in [0, 0.05) is 15.6 Å². The van der Waals surface area contributed by atoms with E-state index in [0.717, 1.165) is 59.3 Å². The second kappa shape index (κ2) is 8.86. The first kappa shape index (κ1) is 21.4. The molecule has 5 rings (SSSR count). The highest BCUT2D eigenvalue weighted by atomic mass is 35.5. The van der Waals surface area contributed by atoms with Gasteiger partial charge in [0.1, 0.15) is 0 Å². The molecule has 1 aromatic heterocycles. The van der Waals surface area contributed by atoms with E-state index in [1.807, 2.05) is 12.1 Å². The highest BCUT2D eigenvalue weighted by molar-refractivity contribution is 7.02. The number of hydrogen-bond donors (Lipinski definition) is 0. The van der Waals surface area contributed by atoms with Crippen LogP contribution in [-0.4, -0.2) is 4.37 Å². The highest BCUT2D eigenvalue weighted by Crippen LogP contribution is 2.43. The third kappa shape index (κ3) is 4.15. The monoisotopic (exact) mass is 481 g/mol. The summed E-state index contributed by atoms with van der Waals surface area (Å²) in [4.78, 5) is 11.1. The molecule has 3 nitrogen and oxygen atoms in total. The van der Waals surface area contributed by atoms with Crippen LogP contribution in [-0.2, 0) is 6.42 Å². The van der Waals surface area contributed by atoms with Gasteiger partial charge in [-0.1, -0.05) is 59.1 Å². The molecule has 0 bridgehead atoms. The van der Waals surface area contributed by atoms with Crippen molar-refractivity contribution < 1.29 is 4.42 Å². The van der Waals surface area contributed by atoms with Crippen molar-refractivity contribution in [1.29, 1.82) is 0 Å². The predicted octanol–water partition coefficient (Wildman–Crippen LogP) is 7.62. The molecule has 0 saturated heterocycles. The summed E-state index contributed by atoms with van der Waals surface area (Å²) in [6.45, 7) is 2.10. The molecule has 3 aromatic rings. The molecule has 2 aromatic carbocycles. The first-order chi connectivity index (χ1) is 15.5. The van der Waals surface area contributed by atoms with Gasteiger partial charge in [0.25, 0.3) is 0 Å². The number of aromatic nitrogens is 1. The standard InChI is InChI=1S/C26H21Cl2NO2S/c1-15-5-7-16(8-6-15)24-20-11-9-18(25-29-32-26(30)31-25)13-17(20)3-2-4-22(24)21-12-10-19(27)14-23(21)28/h5-9,11,13-14H,2-4,10,12H2,1H3. The van der Waals surface area contributed by atoms with Crippen molar-refractivity contribution in [3.63, 3.8) is 0 Å². The van der Waals surface area contributed by atoms with Gasteiger partial charge in [0.15, 0.2) is 0 Å². The Morgan fingerprint density at radius 1 is 0.938 bits per heavy atom. The van der Waals surface area contributed by atoms with Crippen LogP contribution in [0.15, 0.2) is 79.0 Å². The summed E-state index contributed by atoms with van der Waals surface area (Å²) in [6.07, 6.45) is 6.42. The minimum atomic E-state index is -0.386. The Morgan fingerprint density at radius 3 is 2.44 bits per heavy atom. The Morgan fingerprint density at radius 2 is 1.72 bits per heavy atom. The number of allylic oxidation sites excluding steroid dienone is 5. The van der Waals surface area contributed by atoms with Crippen LogP contribution >= 0.6 is 34.7 Å². The summed E-state index contributed by atoms with van der Waals surface area (Å²) in [5, 5.41) is 1.55. The lowest BCUT2D eigenvalue weighted by atomic mass is 9.84. The van der Waals surface area contributed by atoms with E-state index in [1.165, 1.54) is 39.0 Å². The lowest BCUT2D eigenvalue weighted by Gasteiger charge is -2.22. The zero-order chi connectivity index (χ0) is 22.2. The molecule has 6 heteroatoms. The van der Waals surface area contributed by atoms with Gasteiger partial charge in [-0.05, 0) is 90.6 Å². The molecule has 0 radical (unpaired) electrons. The van der Waals surface area contributed by atoms with Gasteiger partial charge in [-0.3, -0.25) is 0 Å². The topological polar surface area (TPSA) is 43.1 Å². The average Bonchev–Trinajstić information content (AvgIpc) is 3.12. The molecule has 0 atom stereocenters. The first-order valence-electron chi connectivity index (χ1n) is 10.7. The number of rotatable bonds is 3. The Labute approximate surface area is 200 Å². The summed E-state index contributed by atoms with van der Waals surface area (Å²) in [6, 6.07) is 14.9. The van der Waals surface area contributed by atoms with Crippen molar-refractivity contribution in [2.24, 2.45) is 0 Å². The quantitative estimate of drug-likeness (QED) is 0.386. The van der Waals surface area contributed by atoms with E-state index in [-0.39, 0.29) is 4.94 Å². The molecule has 0 spiro atoms. The molecule has 0 N–H and O–H groups in total. The summed E-state index contributed by atoms with van der Waals surface area (Å²) in [5.41, 5.74) is 9.37. The van der Waals surface area contributed by atoms with E-state index >= 15 is 0 Å². The fourth-order valence-electron chi connectivity index (χ4n) is 4.53. The maximum absolute atomic E-state index is 11.5. The zero-order valence-corrected chi connectivity index (χ0v) is 19.9. The largest absolute Gasteiger partial charge is 0.414 e. The molecule has 0 amide bonds. The summed E-state index contributed by atoms with van der Waals surface area (Å²) in [5.74, 6) is 0.381. The molecule has 2 aliphatic rings. The molecule has 0 saturated carbocycles. The number of halogens is 2. The summed E-state index contributed by atoms with van der Waals surface area (Å²) >= 11 is 13.8. The first-order valence-corrected chi connectivity index (χ1v) is 12.2. The smallest absolute Gasteiger partial charge is 0.394 e. The van der Waals surface area contributed by atoms with Crippen LogP contribution in [0, 0.1) is 6.92 Å². The third-order valence-electron chi connectivity index (χ3n) is 6.07. The van der Waals surface area contributed by atoms with Crippen LogP contribution in [0.2, 0.25) is 0 Å². The van der Waals surface area contributed by atoms with E-state index in [0.29, 0.717) is 5.89 Å². The van der Waals surface area contributed by atoms with E-state index in [9.17, 15) is 4.79 Å². The Hall–Kier alpha value is -2.40. The molecule has 1 heterocycles. The van der Waals surface area contributed by atoms with Crippen molar-refractivity contribution in [2.75, 3.05) is 0 Å². The number of hydrogen-bond acceptors (Lipinski definition) is 4. The normalized spacial score (nSPS) is 16.7. The molecule has 0 unspecified atom stereocenters. The minimum Gasteiger partial charge on any atom is -0.394 e. The summed E-state index contributed by atoms with van der Waals surface area (Å²) < 4.78 is 9.41. The SMILES string of the molecule is Cc1ccc(C2=C(C3=C(Cl)C=C(Cl)CC3)CCCc3cc(-c4nsc(=O)o4)ccc32)cc1. The molecule has 2 aliphatic carbocycles. The van der Waals surface area contributed by atoms with Gasteiger partial charge in [-0.15, -0.1) is 4.37 Å². The van der Waals surface area contributed by atoms with E-state index in [2.05, 4.69) is 47.7 Å². The lowest BCUT2D eigenvalue weighted by Crippen LogP contribution is -2.02. The van der Waals surface area contributed by atoms with Crippen molar-refractivity contribution in [2.45, 2.75) is 39.0 Å². The highest BCUT2D eigenvalue weighted by Gasteiger charge is 2.24. The number of nitrogens with zero attached hydrogens (tertiary/aromatic N) is 1. The number of aryl methyl sites for hydroxylation is 2. The maximum Gasteiger partial charge on any atom is 0.414 e. The molecular formula is C26H21Cl2NO2S. The zero-order valence-electron chi connectivity index (χ0n) is 17.6. The number of benzene rings is 2. The Balaban J connectivity index is 1.73. The van der Waals surface area contributed by atoms with Crippen LogP contribution in [0.3, 0.4) is 0 Å². The molecule has 0 aliphatic heterocycles. The molecule has 32 heavy (non-hydrogen) atoms. The minimum absolute atomic E-state index is 0.381. The van der Waals surface area contributed by atoms with Crippen LogP contribution in [0.4, 0.5) is 0 Å². The van der Waals surface area contributed by atoms with E-state index in [1.54, 1.807) is 0 Å². The van der Waals surface area contributed by atoms with Crippen LogP contribution in [0.5, 0.6) is 0 Å². The van der Waals surface area contributed by atoms with E-state index in [4.69, 9.17) is 27.6 Å². The third-order valence-corrected chi connectivity index (χ3v) is 7.19. The van der Waals surface area contributed by atoms with Gasteiger partial charge in [0.2, 0.25) is 5.89 Å². The van der Waals surface area contributed by atoms with Crippen LogP contribution in [0.1, 0.15) is 47.9 Å². The van der Waals surface area contributed by atoms with Gasteiger partial charge < -0.3 is 4.42 Å². The summed E-state index contributed by atoms with van der Waals surface area (Å²) in [7, 11) is 0. The van der Waals surface area contributed by atoms with Gasteiger partial charge in [0.05, 0.1) is 11.5 Å². The predicted molar refractivity (Wildman–Crippen MR) is 132 cm³/mol. The van der Waals surface area contributed by atoms with Crippen molar-refractivity contribution >= 4 is 40.3 Å².